The van der Waals surface area contributed by atoms with Crippen molar-refractivity contribution in [3.63, 3.8) is 0 Å². The predicted octanol–water partition coefficient (Wildman–Crippen LogP) is -7.51. The van der Waals surface area contributed by atoms with Gasteiger partial charge in [-0.2, -0.15) is 0 Å². The minimum Gasteiger partial charge on any atom is 1.00 e. The molecule has 4 nitrogen and oxygen atoms in total. The van der Waals surface area contributed by atoms with E-state index in [1.807, 2.05) is 0 Å². The summed E-state index contributed by atoms with van der Waals surface area (Å²) < 4.78 is 0. The van der Waals surface area contributed by atoms with Crippen LogP contribution in [-0.4, -0.2) is 40.7 Å². The molecule has 0 aromatic carbocycles. The Morgan fingerprint density at radius 3 is 1.30 bits per heavy atom. The summed E-state index contributed by atoms with van der Waals surface area (Å²) in [6.07, 6.45) is 0. The van der Waals surface area contributed by atoms with Crippen molar-refractivity contribution in [3.8, 4) is 0 Å². The van der Waals surface area contributed by atoms with Gasteiger partial charge in [-0.15, -0.1) is 0 Å². The van der Waals surface area contributed by atoms with Crippen LogP contribution in [0, 0.1) is 0 Å². The van der Waals surface area contributed by atoms with E-state index < -0.39 is 27.7 Å². The summed E-state index contributed by atoms with van der Waals surface area (Å²) in [6, 6.07) is 7.09. The molecule has 0 aliphatic heterocycles. The monoisotopic (exact) mass is 316 g/mol. The van der Waals surface area contributed by atoms with Gasteiger partial charge in [0.2, 0.25) is 0 Å². The van der Waals surface area contributed by atoms with Crippen LogP contribution in [0.4, 0.5) is 9.59 Å². The first-order valence-corrected chi connectivity index (χ1v) is 8.45. The van der Waals surface area contributed by atoms with E-state index in [9.17, 15) is 19.8 Å². The predicted molar refractivity (Wildman–Crippen MR) is 69.1 cm³/mol. The van der Waals surface area contributed by atoms with Crippen LogP contribution in [0.2, 0.25) is 0 Å². The first-order chi connectivity index (χ1) is 8.61. The largest absolute Gasteiger partial charge is 1.00 e. The summed E-state index contributed by atoms with van der Waals surface area (Å²) in [5.74, 6) is 3.48. The maximum Gasteiger partial charge on any atom is 1.00 e. The zero-order chi connectivity index (χ0) is 13.4. The molecule has 20 heavy (non-hydrogen) atoms. The molecular weight excluding hydrogens is 308 g/mol. The van der Waals surface area contributed by atoms with Gasteiger partial charge in [0.15, 0.2) is 0 Å². The van der Waals surface area contributed by atoms with Gasteiger partial charge in [0.05, 0.1) is 0 Å². The summed E-state index contributed by atoms with van der Waals surface area (Å²) in [5.41, 5.74) is 1.47. The molecule has 2 aromatic heterocycles. The number of hydrogen-bond acceptors (Lipinski definition) is 4. The molecule has 0 saturated carbocycles. The fourth-order valence-electron chi connectivity index (χ4n) is 1.15. The van der Waals surface area contributed by atoms with Gasteiger partial charge in [0.25, 0.3) is 0 Å². The third-order valence-electron chi connectivity index (χ3n) is 2.02. The molecule has 0 unspecified atom stereocenters. The minimum absolute atomic E-state index is 0. The second kappa shape index (κ2) is 13.4. The van der Waals surface area contributed by atoms with Crippen LogP contribution in [0.25, 0.3) is 0 Å². The average Bonchev–Trinajstić information content (AvgIpc) is 2.41. The van der Waals surface area contributed by atoms with Crippen molar-refractivity contribution in [3.05, 3.63) is 47.5 Å². The molecule has 0 atom stereocenters. The molecule has 0 fully saturated rings. The van der Waals surface area contributed by atoms with Gasteiger partial charge in [-0.1, -0.05) is 0 Å². The molecule has 0 aliphatic carbocycles. The Bertz CT molecular complexity index is 484. The molecule has 0 amide bonds. The van der Waals surface area contributed by atoms with Gasteiger partial charge in [-0.25, -0.2) is 0 Å². The Kier molecular flexibility index (Phi) is 15.4. The molecule has 0 N–H and O–H groups in total. The summed E-state index contributed by atoms with van der Waals surface area (Å²) in [4.78, 5) is 20.3. The van der Waals surface area contributed by atoms with Crippen molar-refractivity contribution in [2.75, 3.05) is 0 Å². The number of hydrogen-bond donors (Lipinski definition) is 0. The van der Waals surface area contributed by atoms with E-state index in [2.05, 4.69) is 0 Å². The van der Waals surface area contributed by atoms with Crippen LogP contribution in [0.1, 0.15) is 0 Å². The maximum absolute atomic E-state index is 10.2. The van der Waals surface area contributed by atoms with Gasteiger partial charge >= 0.3 is 178 Å². The van der Waals surface area contributed by atoms with Crippen molar-refractivity contribution in [1.82, 2.24) is 0 Å². The number of carbonyl (C=O) groups is 2. The third-order valence-corrected chi connectivity index (χ3v) is 5.17. The van der Waals surface area contributed by atoms with Crippen molar-refractivity contribution in [2.24, 2.45) is 0 Å². The minimum atomic E-state index is -1.45. The molecule has 2 rings (SSSR count). The maximum atomic E-state index is 10.2. The topological polar surface area (TPSA) is 80.3 Å². The van der Waals surface area contributed by atoms with Crippen molar-refractivity contribution in [2.45, 2.75) is 0 Å². The Morgan fingerprint density at radius 1 is 0.800 bits per heavy atom. The van der Waals surface area contributed by atoms with E-state index in [0.717, 1.165) is 0 Å². The Balaban J connectivity index is 0. The van der Waals surface area contributed by atoms with Crippen LogP contribution in [0.15, 0.2) is 47.5 Å². The van der Waals surface area contributed by atoms with E-state index in [0.29, 0.717) is 0 Å². The van der Waals surface area contributed by atoms with E-state index in [1.165, 1.54) is 0 Å². The standard InChI is InChI=1S/2C5H5BO2Si.K.Li/c2*7-5(8)9-4-2-1-3-6-9;;/h2*1-4H,(H,7,8);;/q;;2*+1/p-2. The van der Waals surface area contributed by atoms with E-state index in [4.69, 9.17) is 0 Å². The van der Waals surface area contributed by atoms with Crippen LogP contribution in [-0.2, 0) is 0 Å². The third kappa shape index (κ3) is 9.60. The molecule has 0 spiro atoms. The molecule has 0 saturated heterocycles. The van der Waals surface area contributed by atoms with E-state index >= 15 is 0 Å². The van der Waals surface area contributed by atoms with Gasteiger partial charge in [-0.3, -0.25) is 0 Å². The van der Waals surface area contributed by atoms with Gasteiger partial charge in [0.1, 0.15) is 0 Å². The van der Waals surface area contributed by atoms with Crippen LogP contribution >= 0.6 is 0 Å². The molecule has 88 valence electrons. The first-order valence-electron chi connectivity index (χ1n) is 5.14. The molecular formula is C10H8B2KLiO4Si2. The number of rotatable bonds is 2. The quantitative estimate of drug-likeness (QED) is 0.516. The molecule has 10 heteroatoms. The second-order valence-electron chi connectivity index (χ2n) is 3.31. The van der Waals surface area contributed by atoms with Crippen LogP contribution in [0.5, 0.6) is 0 Å². The molecule has 0 bridgehead atoms. The Labute approximate surface area is 176 Å². The Morgan fingerprint density at radius 2 is 1.15 bits per heavy atom. The van der Waals surface area contributed by atoms with Crippen molar-refractivity contribution >= 4 is 40.7 Å². The van der Waals surface area contributed by atoms with Gasteiger partial charge in [-0.05, 0) is 0 Å². The molecule has 2 heterocycles. The number of carboxylic acid groups (broad SMARTS) is 2. The van der Waals surface area contributed by atoms with Crippen LogP contribution < -0.4 is 80.5 Å². The zero-order valence-electron chi connectivity index (χ0n) is 11.4. The van der Waals surface area contributed by atoms with Crippen molar-refractivity contribution in [1.29, 1.82) is 0 Å². The average molecular weight is 316 g/mol. The molecule has 0 radical (unpaired) electrons. The fourth-order valence-corrected chi connectivity index (χ4v) is 3.19. The summed E-state index contributed by atoms with van der Waals surface area (Å²) >= 11 is 0. The smallest absolute Gasteiger partial charge is 1.00 e. The van der Waals surface area contributed by atoms with Gasteiger partial charge in [0, 0.05) is 0 Å². The molecule has 0 aliphatic rings. The van der Waals surface area contributed by atoms with Crippen LogP contribution in [0.3, 0.4) is 0 Å². The Hall–Kier alpha value is 0.697. The van der Waals surface area contributed by atoms with E-state index in [-0.39, 0.29) is 70.2 Å². The van der Waals surface area contributed by atoms with E-state index in [1.54, 1.807) is 60.5 Å². The normalized spacial score (nSPS) is 7.60. The van der Waals surface area contributed by atoms with Gasteiger partial charge < -0.3 is 0 Å². The van der Waals surface area contributed by atoms with Crippen molar-refractivity contribution < 1.29 is 90.0 Å². The summed E-state index contributed by atoms with van der Waals surface area (Å²) in [6.45, 7) is 3.36. The zero-order valence-corrected chi connectivity index (χ0v) is 16.5. The summed E-state index contributed by atoms with van der Waals surface area (Å²) in [7, 11) is -2.90. The molecule has 2 aromatic rings. The fraction of sp³-hybridized carbons (Fsp3) is 0. The first kappa shape index (κ1) is 23.0. The summed E-state index contributed by atoms with van der Waals surface area (Å²) in [5, 5.41) is 20.3. The second-order valence-corrected chi connectivity index (χ2v) is 7.28. The number of carbonyl (C=O) groups excluding carboxylic acids is 2. The SMILES string of the molecule is O=C([O-])[si]1bcccc1.O=C([O-])[si]1bcccc1.[K+].[Li+].